The van der Waals surface area contributed by atoms with Crippen LogP contribution in [0.15, 0.2) is 11.6 Å². The monoisotopic (exact) mass is 262 g/mol. The zero-order valence-electron chi connectivity index (χ0n) is 11.2. The molecule has 5 heteroatoms. The number of carboxylic acids is 1. The summed E-state index contributed by atoms with van der Waals surface area (Å²) in [6.07, 6.45) is 1.46. The molecule has 4 nitrogen and oxygen atoms in total. The summed E-state index contributed by atoms with van der Waals surface area (Å²) in [6, 6.07) is 0. The van der Waals surface area contributed by atoms with E-state index in [0.717, 1.165) is 0 Å². The molecule has 0 saturated carbocycles. The van der Waals surface area contributed by atoms with Gasteiger partial charge < -0.3 is 10.00 Å². The molecule has 0 aromatic carbocycles. The number of allylic oxidation sites excluding steroid dienone is 1. The number of aliphatic carboxylic acids is 1. The molecule has 100 valence electrons. The Morgan fingerprint density at radius 3 is 2.12 bits per heavy atom. The molecule has 0 fully saturated rings. The minimum Gasteiger partial charge on any atom is -0.478 e. The lowest BCUT2D eigenvalue weighted by Gasteiger charge is -2.18. The number of hydrogen-bond donors (Lipinski definition) is 2. The number of carbonyl (C=O) groups is 1. The first-order valence-electron chi connectivity index (χ1n) is 5.69. The van der Waals surface area contributed by atoms with Crippen LogP contribution in [-0.2, 0) is 9.36 Å². The Morgan fingerprint density at radius 2 is 1.82 bits per heavy atom. The van der Waals surface area contributed by atoms with Crippen LogP contribution in [0.25, 0.3) is 0 Å². The van der Waals surface area contributed by atoms with Crippen molar-refractivity contribution in [3.05, 3.63) is 11.6 Å². The second kappa shape index (κ2) is 5.83. The summed E-state index contributed by atoms with van der Waals surface area (Å²) < 4.78 is 11.9. The Bertz CT molecular complexity index is 350. The van der Waals surface area contributed by atoms with Gasteiger partial charge in [0.05, 0.1) is 6.16 Å². The molecule has 0 bridgehead atoms. The van der Waals surface area contributed by atoms with E-state index >= 15 is 0 Å². The number of rotatable bonds is 5. The largest absolute Gasteiger partial charge is 0.478 e. The van der Waals surface area contributed by atoms with Crippen LogP contribution in [0.5, 0.6) is 0 Å². The fourth-order valence-corrected chi connectivity index (χ4v) is 3.63. The van der Waals surface area contributed by atoms with Crippen LogP contribution >= 0.6 is 7.37 Å². The maximum absolute atomic E-state index is 11.9. The molecule has 17 heavy (non-hydrogen) atoms. The molecule has 1 atom stereocenters. The summed E-state index contributed by atoms with van der Waals surface area (Å²) in [5.41, 5.74) is -0.282. The van der Waals surface area contributed by atoms with E-state index in [-0.39, 0.29) is 29.2 Å². The van der Waals surface area contributed by atoms with Gasteiger partial charge in [0.2, 0.25) is 7.37 Å². The minimum atomic E-state index is -3.39. The first-order valence-corrected chi connectivity index (χ1v) is 7.72. The highest BCUT2D eigenvalue weighted by Gasteiger charge is 2.26. The highest BCUT2D eigenvalue weighted by atomic mass is 31.2. The molecule has 0 aliphatic rings. The van der Waals surface area contributed by atoms with Crippen molar-refractivity contribution < 1.29 is 19.4 Å². The molecule has 0 aliphatic heterocycles. The Kier molecular flexibility index (Phi) is 5.63. The van der Waals surface area contributed by atoms with Gasteiger partial charge in [-0.15, -0.1) is 0 Å². The van der Waals surface area contributed by atoms with Crippen LogP contribution in [-0.4, -0.2) is 28.3 Å². The number of hydrogen-bond acceptors (Lipinski definition) is 2. The molecule has 1 unspecified atom stereocenters. The third kappa shape index (κ3) is 8.17. The zero-order valence-corrected chi connectivity index (χ0v) is 12.1. The molecular formula is C12H23O4P. The van der Waals surface area contributed by atoms with E-state index in [4.69, 9.17) is 5.11 Å². The first-order chi connectivity index (χ1) is 7.43. The van der Waals surface area contributed by atoms with E-state index in [1.807, 2.05) is 34.6 Å². The topological polar surface area (TPSA) is 74.6 Å². The van der Waals surface area contributed by atoms with Crippen LogP contribution in [0.1, 0.15) is 34.6 Å². The zero-order chi connectivity index (χ0) is 13.9. The van der Waals surface area contributed by atoms with E-state index < -0.39 is 13.3 Å². The van der Waals surface area contributed by atoms with E-state index in [9.17, 15) is 14.3 Å². The Hall–Kier alpha value is -0.600. The summed E-state index contributed by atoms with van der Waals surface area (Å²) >= 11 is 0. The van der Waals surface area contributed by atoms with E-state index in [0.29, 0.717) is 0 Å². The van der Waals surface area contributed by atoms with Crippen LogP contribution in [0.3, 0.4) is 0 Å². The van der Waals surface area contributed by atoms with Gasteiger partial charge in [-0.2, -0.15) is 0 Å². The molecule has 0 spiro atoms. The molecule has 0 rings (SSSR count). The van der Waals surface area contributed by atoms with E-state index in [2.05, 4.69) is 0 Å². The molecule has 0 aromatic heterocycles. The summed E-state index contributed by atoms with van der Waals surface area (Å²) in [5.74, 6) is -1.03. The maximum atomic E-state index is 11.9. The second-order valence-corrected chi connectivity index (χ2v) is 8.30. The normalized spacial score (nSPS) is 17.0. The highest BCUT2D eigenvalue weighted by molar-refractivity contribution is 7.58. The van der Waals surface area contributed by atoms with E-state index in [1.165, 1.54) is 0 Å². The quantitative estimate of drug-likeness (QED) is 0.590. The van der Waals surface area contributed by atoms with Gasteiger partial charge in [-0.1, -0.05) is 40.7 Å². The van der Waals surface area contributed by atoms with Crippen molar-refractivity contribution in [2.75, 3.05) is 12.3 Å². The van der Waals surface area contributed by atoms with Gasteiger partial charge in [0.25, 0.3) is 0 Å². The van der Waals surface area contributed by atoms with Gasteiger partial charge in [0.15, 0.2) is 0 Å². The minimum absolute atomic E-state index is 0.0315. The summed E-state index contributed by atoms with van der Waals surface area (Å²) in [6.45, 7) is 9.27. The fourth-order valence-electron chi connectivity index (χ4n) is 1.60. The lowest BCUT2D eigenvalue weighted by Crippen LogP contribution is -2.13. The average molecular weight is 262 g/mol. The van der Waals surface area contributed by atoms with Crippen LogP contribution < -0.4 is 0 Å². The van der Waals surface area contributed by atoms with Crippen LogP contribution in [0, 0.1) is 11.3 Å². The molecule has 0 radical (unpaired) electrons. The van der Waals surface area contributed by atoms with Gasteiger partial charge >= 0.3 is 5.97 Å². The second-order valence-electron chi connectivity index (χ2n) is 5.92. The van der Waals surface area contributed by atoms with Crippen molar-refractivity contribution in [1.29, 1.82) is 0 Å². The van der Waals surface area contributed by atoms with Crippen LogP contribution in [0.4, 0.5) is 0 Å². The molecule has 0 amide bonds. The first kappa shape index (κ1) is 16.4. The number of carboxylic acid groups (broad SMARTS) is 1. The highest BCUT2D eigenvalue weighted by Crippen LogP contribution is 2.44. The summed E-state index contributed by atoms with van der Waals surface area (Å²) in [7, 11) is -3.39. The van der Waals surface area contributed by atoms with Crippen LogP contribution in [0.2, 0.25) is 0 Å². The lowest BCUT2D eigenvalue weighted by atomic mass is 9.94. The molecular weight excluding hydrogens is 239 g/mol. The van der Waals surface area contributed by atoms with Crippen molar-refractivity contribution in [3.8, 4) is 0 Å². The smallest absolute Gasteiger partial charge is 0.331 e. The Morgan fingerprint density at radius 1 is 1.35 bits per heavy atom. The third-order valence-corrected chi connectivity index (χ3v) is 4.09. The Balaban J connectivity index is 4.98. The predicted molar refractivity (Wildman–Crippen MR) is 69.6 cm³/mol. The maximum Gasteiger partial charge on any atom is 0.331 e. The molecule has 2 N–H and O–H groups in total. The Labute approximate surface area is 103 Å². The SMILES string of the molecule is CC(C)CP(=O)(O)CC(=CC(C)(C)C)C(=O)O. The molecule has 0 aliphatic carbocycles. The van der Waals surface area contributed by atoms with Gasteiger partial charge in [0, 0.05) is 11.7 Å². The lowest BCUT2D eigenvalue weighted by molar-refractivity contribution is -0.132. The third-order valence-electron chi connectivity index (χ3n) is 1.95. The molecule has 0 saturated heterocycles. The van der Waals surface area contributed by atoms with Gasteiger partial charge in [0.1, 0.15) is 0 Å². The van der Waals surface area contributed by atoms with Crippen molar-refractivity contribution in [2.45, 2.75) is 34.6 Å². The van der Waals surface area contributed by atoms with Gasteiger partial charge in [-0.25, -0.2) is 4.79 Å². The van der Waals surface area contributed by atoms with Crippen molar-refractivity contribution >= 4 is 13.3 Å². The predicted octanol–water partition coefficient (Wildman–Crippen LogP) is 2.97. The molecule has 0 heterocycles. The standard InChI is InChI=1S/C12H23O4P/c1-9(2)7-17(15,16)8-10(11(13)14)6-12(3,4)5/h6,9H,7-8H2,1-5H3,(H,13,14)(H,15,16). The van der Waals surface area contributed by atoms with Crippen molar-refractivity contribution in [2.24, 2.45) is 11.3 Å². The summed E-state index contributed by atoms with van der Waals surface area (Å²) in [5, 5.41) is 9.03. The van der Waals surface area contributed by atoms with Gasteiger partial charge in [-0.3, -0.25) is 4.57 Å². The summed E-state index contributed by atoms with van der Waals surface area (Å²) in [4.78, 5) is 20.8. The van der Waals surface area contributed by atoms with E-state index in [1.54, 1.807) is 6.08 Å². The fraction of sp³-hybridized carbons (Fsp3) is 0.750. The van der Waals surface area contributed by atoms with Gasteiger partial charge in [-0.05, 0) is 11.3 Å². The van der Waals surface area contributed by atoms with Crippen molar-refractivity contribution in [1.82, 2.24) is 0 Å². The average Bonchev–Trinajstić information content (AvgIpc) is 1.95. The molecule has 0 aromatic rings. The van der Waals surface area contributed by atoms with Crippen molar-refractivity contribution in [3.63, 3.8) is 0 Å².